The van der Waals surface area contributed by atoms with Crippen LogP contribution in [0.15, 0.2) is 65.2 Å². The lowest BCUT2D eigenvalue weighted by atomic mass is 9.99. The number of alkyl halides is 4. The lowest BCUT2D eigenvalue weighted by Crippen LogP contribution is -2.47. The van der Waals surface area contributed by atoms with Gasteiger partial charge in [0.25, 0.3) is 0 Å². The molecule has 2 aliphatic rings. The summed E-state index contributed by atoms with van der Waals surface area (Å²) >= 11 is 3.68. The standard InChI is InChI=1S/C31H28F3IN2O5S/c1-17-14-21(15-27(35)37(17)20-10-8-18(9-11-20)25-12-13-26(43-25)30(38)39)40-16-23-28(36-42-29(23)19-6-7-19)22-4-2-3-5-24(22)41-31(32,33)34/h2-5,8-13,17,19,21,27H,6-7,14-16H2,1H3,(H,38,39)/t17-,21+,27+/m1/s1. The average molecular weight is 725 g/mol. The quantitative estimate of drug-likeness (QED) is 0.105. The molecule has 43 heavy (non-hydrogen) atoms. The molecule has 3 atom stereocenters. The topological polar surface area (TPSA) is 85.0 Å². The number of aromatic carboxylic acids is 1. The summed E-state index contributed by atoms with van der Waals surface area (Å²) in [7, 11) is 0. The summed E-state index contributed by atoms with van der Waals surface area (Å²) in [5.41, 5.74) is 3.25. The monoisotopic (exact) mass is 724 g/mol. The van der Waals surface area contributed by atoms with E-state index >= 15 is 0 Å². The van der Waals surface area contributed by atoms with Crippen LogP contribution in [-0.4, -0.2) is 38.8 Å². The second kappa shape index (κ2) is 12.1. The lowest BCUT2D eigenvalue weighted by Gasteiger charge is -2.43. The lowest BCUT2D eigenvalue weighted by molar-refractivity contribution is -0.274. The van der Waals surface area contributed by atoms with Gasteiger partial charge in [0.1, 0.15) is 22.1 Å². The van der Waals surface area contributed by atoms with E-state index in [1.807, 2.05) is 18.2 Å². The van der Waals surface area contributed by atoms with Crippen molar-refractivity contribution in [2.24, 2.45) is 0 Å². The van der Waals surface area contributed by atoms with Gasteiger partial charge in [0.2, 0.25) is 0 Å². The van der Waals surface area contributed by atoms with Crippen molar-refractivity contribution in [2.75, 3.05) is 4.90 Å². The van der Waals surface area contributed by atoms with Gasteiger partial charge in [-0.15, -0.1) is 24.5 Å². The van der Waals surface area contributed by atoms with Gasteiger partial charge in [0, 0.05) is 40.1 Å². The van der Waals surface area contributed by atoms with Crippen molar-refractivity contribution in [1.82, 2.24) is 5.16 Å². The molecule has 0 bridgehead atoms. The minimum Gasteiger partial charge on any atom is -0.477 e. The van der Waals surface area contributed by atoms with Crippen molar-refractivity contribution in [3.8, 4) is 27.4 Å². The first kappa shape index (κ1) is 29.9. The van der Waals surface area contributed by atoms with Gasteiger partial charge >= 0.3 is 12.3 Å². The molecule has 0 amide bonds. The summed E-state index contributed by atoms with van der Waals surface area (Å²) in [6, 6.07) is 17.7. The van der Waals surface area contributed by atoms with Crippen LogP contribution in [0, 0.1) is 0 Å². The number of aromatic nitrogens is 1. The fraction of sp³-hybridized carbons (Fsp3) is 0.355. The average Bonchev–Trinajstić information content (AvgIpc) is 3.51. The number of carboxylic acid groups (broad SMARTS) is 1. The van der Waals surface area contributed by atoms with Gasteiger partial charge in [-0.25, -0.2) is 4.79 Å². The van der Waals surface area contributed by atoms with E-state index in [9.17, 15) is 23.1 Å². The van der Waals surface area contributed by atoms with Crippen LogP contribution >= 0.6 is 33.9 Å². The molecule has 226 valence electrons. The largest absolute Gasteiger partial charge is 0.573 e. The third kappa shape index (κ3) is 6.70. The number of para-hydroxylation sites is 1. The molecule has 1 saturated carbocycles. The highest BCUT2D eigenvalue weighted by Gasteiger charge is 2.37. The van der Waals surface area contributed by atoms with Crippen LogP contribution in [0.2, 0.25) is 0 Å². The molecule has 3 heterocycles. The number of hydrogen-bond donors (Lipinski definition) is 1. The van der Waals surface area contributed by atoms with Crippen LogP contribution in [0.4, 0.5) is 18.9 Å². The maximum absolute atomic E-state index is 13.1. The second-order valence-electron chi connectivity index (χ2n) is 10.8. The molecule has 1 aliphatic heterocycles. The molecule has 1 aliphatic carbocycles. The minimum atomic E-state index is -4.83. The van der Waals surface area contributed by atoms with Gasteiger partial charge in [-0.3, -0.25) is 0 Å². The van der Waals surface area contributed by atoms with Gasteiger partial charge in [-0.2, -0.15) is 0 Å². The molecule has 2 fully saturated rings. The van der Waals surface area contributed by atoms with Crippen molar-refractivity contribution in [3.05, 3.63) is 76.9 Å². The van der Waals surface area contributed by atoms with E-state index in [2.05, 4.69) is 56.4 Å². The van der Waals surface area contributed by atoms with Crippen LogP contribution in [0.3, 0.4) is 0 Å². The van der Waals surface area contributed by atoms with Gasteiger partial charge in [-0.1, -0.05) is 52.0 Å². The summed E-state index contributed by atoms with van der Waals surface area (Å²) in [5, 5.41) is 13.4. The molecule has 1 N–H and O–H groups in total. The Morgan fingerprint density at radius 3 is 2.51 bits per heavy atom. The molecular weight excluding hydrogens is 696 g/mol. The Hall–Kier alpha value is -3.10. The number of thiophene rings is 1. The second-order valence-corrected chi connectivity index (χ2v) is 13.3. The number of rotatable bonds is 9. The van der Waals surface area contributed by atoms with Gasteiger partial charge in [-0.05, 0) is 68.1 Å². The Labute approximate surface area is 263 Å². The smallest absolute Gasteiger partial charge is 0.477 e. The molecule has 2 aromatic heterocycles. The molecule has 0 spiro atoms. The predicted octanol–water partition coefficient (Wildman–Crippen LogP) is 8.88. The van der Waals surface area contributed by atoms with Gasteiger partial charge < -0.3 is 24.0 Å². The number of carboxylic acids is 1. The first-order valence-corrected chi connectivity index (χ1v) is 15.9. The van der Waals surface area contributed by atoms with E-state index in [-0.39, 0.29) is 40.0 Å². The normalized spacial score (nSPS) is 20.8. The van der Waals surface area contributed by atoms with E-state index in [0.29, 0.717) is 21.9 Å². The molecule has 0 radical (unpaired) electrons. The van der Waals surface area contributed by atoms with Crippen molar-refractivity contribution >= 4 is 45.6 Å². The maximum atomic E-state index is 13.1. The zero-order valence-electron chi connectivity index (χ0n) is 23.0. The number of piperidine rings is 1. The highest BCUT2D eigenvalue weighted by Crippen LogP contribution is 2.46. The van der Waals surface area contributed by atoms with E-state index in [1.54, 1.807) is 18.2 Å². The van der Waals surface area contributed by atoms with Crippen LogP contribution in [0.1, 0.15) is 59.5 Å². The SMILES string of the molecule is C[C@@H]1C[C@H](OCc2c(-c3ccccc3OC(F)(F)F)noc2C2CC2)C[C@@H](I)N1c1ccc(-c2ccc(C(=O)O)s2)cc1. The zero-order valence-corrected chi connectivity index (χ0v) is 26.0. The predicted molar refractivity (Wildman–Crippen MR) is 165 cm³/mol. The van der Waals surface area contributed by atoms with E-state index in [4.69, 9.17) is 9.26 Å². The Bertz CT molecular complexity index is 1590. The molecular formula is C31H28F3IN2O5S. The third-order valence-corrected chi connectivity index (χ3v) is 9.93. The molecule has 4 aromatic rings. The number of hydrogen-bond acceptors (Lipinski definition) is 7. The minimum absolute atomic E-state index is 0.0653. The van der Waals surface area contributed by atoms with Crippen molar-refractivity contribution < 1.29 is 37.1 Å². The molecule has 7 nitrogen and oxygen atoms in total. The number of carbonyl (C=O) groups is 1. The highest BCUT2D eigenvalue weighted by atomic mass is 127. The van der Waals surface area contributed by atoms with Crippen LogP contribution < -0.4 is 9.64 Å². The van der Waals surface area contributed by atoms with Crippen molar-refractivity contribution in [2.45, 2.75) is 67.7 Å². The third-order valence-electron chi connectivity index (χ3n) is 7.70. The Balaban J connectivity index is 1.15. The van der Waals surface area contributed by atoms with Gasteiger partial charge in [0.15, 0.2) is 0 Å². The Morgan fingerprint density at radius 2 is 1.86 bits per heavy atom. The van der Waals surface area contributed by atoms with E-state index in [0.717, 1.165) is 41.8 Å². The van der Waals surface area contributed by atoms with Gasteiger partial charge in [0.05, 0.1) is 16.8 Å². The first-order valence-electron chi connectivity index (χ1n) is 13.9. The molecule has 2 aromatic carbocycles. The van der Waals surface area contributed by atoms with Crippen molar-refractivity contribution in [1.29, 1.82) is 0 Å². The van der Waals surface area contributed by atoms with E-state index < -0.39 is 12.3 Å². The highest BCUT2D eigenvalue weighted by molar-refractivity contribution is 14.1. The number of nitrogens with zero attached hydrogens (tertiary/aromatic N) is 2. The summed E-state index contributed by atoms with van der Waals surface area (Å²) in [4.78, 5) is 14.8. The summed E-state index contributed by atoms with van der Waals surface area (Å²) < 4.78 is 55.9. The molecule has 6 rings (SSSR count). The summed E-state index contributed by atoms with van der Waals surface area (Å²) in [6.45, 7) is 2.33. The molecule has 12 heteroatoms. The zero-order chi connectivity index (χ0) is 30.3. The molecule has 0 unspecified atom stereocenters. The van der Waals surface area contributed by atoms with Crippen LogP contribution in [-0.2, 0) is 11.3 Å². The Morgan fingerprint density at radius 1 is 1.12 bits per heavy atom. The Kier molecular flexibility index (Phi) is 8.44. The van der Waals surface area contributed by atoms with Crippen LogP contribution in [0.25, 0.3) is 21.7 Å². The first-order chi connectivity index (χ1) is 20.6. The van der Waals surface area contributed by atoms with Crippen LogP contribution in [0.5, 0.6) is 5.75 Å². The summed E-state index contributed by atoms with van der Waals surface area (Å²) in [5.74, 6) is -0.381. The maximum Gasteiger partial charge on any atom is 0.573 e. The van der Waals surface area contributed by atoms with E-state index in [1.165, 1.54) is 23.5 Å². The number of halogens is 4. The number of ether oxygens (including phenoxy) is 2. The molecule has 1 saturated heterocycles. The number of benzene rings is 2. The number of anilines is 1. The summed E-state index contributed by atoms with van der Waals surface area (Å²) in [6.07, 6.45) is -1.49. The fourth-order valence-corrected chi connectivity index (χ4v) is 7.86. The van der Waals surface area contributed by atoms with Crippen molar-refractivity contribution in [3.63, 3.8) is 0 Å². The fourth-order valence-electron chi connectivity index (χ4n) is 5.57.